The fraction of sp³-hybridized carbons (Fsp3) is 0.500. The lowest BCUT2D eigenvalue weighted by molar-refractivity contribution is -0.125. The number of halogens is 3. The van der Waals surface area contributed by atoms with E-state index in [1.807, 2.05) is 51.1 Å². The Labute approximate surface area is 210 Å². The highest BCUT2D eigenvalue weighted by Crippen LogP contribution is 2.50. The predicted molar refractivity (Wildman–Crippen MR) is 135 cm³/mol. The summed E-state index contributed by atoms with van der Waals surface area (Å²) in [6, 6.07) is 11.1. The lowest BCUT2D eigenvalue weighted by Gasteiger charge is -2.38. The summed E-state index contributed by atoms with van der Waals surface area (Å²) < 4.78 is 21.0. The number of thioether (sulfide) groups is 1. The van der Waals surface area contributed by atoms with E-state index < -0.39 is 11.2 Å². The molecule has 7 heteroatoms. The molecule has 2 aromatic rings. The van der Waals surface area contributed by atoms with Crippen molar-refractivity contribution < 1.29 is 13.9 Å². The molecule has 2 fully saturated rings. The fourth-order valence-electron chi connectivity index (χ4n) is 4.20. The van der Waals surface area contributed by atoms with Gasteiger partial charge in [0.15, 0.2) is 0 Å². The maximum Gasteiger partial charge on any atom is 0.232 e. The monoisotopic (exact) mass is 509 g/mol. The number of ether oxygens (including phenoxy) is 1. The maximum absolute atomic E-state index is 15.8. The van der Waals surface area contributed by atoms with Crippen molar-refractivity contribution in [3.05, 3.63) is 57.8 Å². The van der Waals surface area contributed by atoms with Crippen molar-refractivity contribution in [1.29, 1.82) is 0 Å². The number of carbonyl (C=O) groups excluding carboxylic acids is 1. The Morgan fingerprint density at radius 1 is 1.15 bits per heavy atom. The topological polar surface area (TPSA) is 29.5 Å². The predicted octanol–water partition coefficient (Wildman–Crippen LogP) is 7.72. The molecule has 1 saturated carbocycles. The number of rotatable bonds is 6. The molecule has 0 unspecified atom stereocenters. The molecular formula is C26H30Cl2FNO2S. The molecule has 0 N–H and O–H groups in total. The second-order valence-electron chi connectivity index (χ2n) is 10.1. The molecule has 1 aliphatic carbocycles. The number of amides is 1. The van der Waals surface area contributed by atoms with Gasteiger partial charge in [-0.2, -0.15) is 0 Å². The normalized spacial score (nSPS) is 18.2. The van der Waals surface area contributed by atoms with Crippen molar-refractivity contribution in [1.82, 2.24) is 0 Å². The van der Waals surface area contributed by atoms with Crippen LogP contribution in [0.4, 0.5) is 10.1 Å². The number of benzene rings is 2. The smallest absolute Gasteiger partial charge is 0.232 e. The van der Waals surface area contributed by atoms with Gasteiger partial charge in [0.05, 0.1) is 15.5 Å². The van der Waals surface area contributed by atoms with Gasteiger partial charge in [0.2, 0.25) is 5.91 Å². The third-order valence-corrected chi connectivity index (χ3v) is 8.35. The fourth-order valence-corrected chi connectivity index (χ4v) is 5.97. The van der Waals surface area contributed by atoms with E-state index >= 15 is 4.39 Å². The summed E-state index contributed by atoms with van der Waals surface area (Å²) in [7, 11) is 0. The Balaban J connectivity index is 1.72. The van der Waals surface area contributed by atoms with Gasteiger partial charge in [-0.1, -0.05) is 44.0 Å². The Bertz CT molecular complexity index is 989. The van der Waals surface area contributed by atoms with E-state index in [1.165, 1.54) is 0 Å². The standard InChI is InChI=1S/C26H30Cl2FNO2S/c1-25(2,3)24(31)30(16-17-4-5-17)23-21(28)14-18(15-22(23)29)26(10-12-32-13-11-26)33-20-8-6-19(27)7-9-20/h6-9,14-15,17H,4-5,10-13,16H2,1-3H3. The summed E-state index contributed by atoms with van der Waals surface area (Å²) in [6.07, 6.45) is 3.60. The number of hydrogen-bond donors (Lipinski definition) is 0. The molecule has 2 aromatic carbocycles. The highest BCUT2D eigenvalue weighted by molar-refractivity contribution is 8.00. The zero-order chi connectivity index (χ0) is 23.8. The van der Waals surface area contributed by atoms with Crippen molar-refractivity contribution >= 4 is 46.6 Å². The molecule has 3 nitrogen and oxygen atoms in total. The summed E-state index contributed by atoms with van der Waals surface area (Å²) in [5.74, 6) is -0.147. The second-order valence-corrected chi connectivity index (χ2v) is 12.4. The van der Waals surface area contributed by atoms with Crippen molar-refractivity contribution in [2.75, 3.05) is 24.7 Å². The molecule has 0 bridgehead atoms. The van der Waals surface area contributed by atoms with Gasteiger partial charge < -0.3 is 9.64 Å². The third kappa shape index (κ3) is 5.70. The molecule has 1 saturated heterocycles. The first kappa shape index (κ1) is 24.8. The van der Waals surface area contributed by atoms with Gasteiger partial charge in [-0.15, -0.1) is 11.8 Å². The Morgan fingerprint density at radius 3 is 2.33 bits per heavy atom. The number of hydrogen-bond acceptors (Lipinski definition) is 3. The van der Waals surface area contributed by atoms with Crippen molar-refractivity contribution in [3.63, 3.8) is 0 Å². The Hall–Kier alpha value is -1.27. The van der Waals surface area contributed by atoms with Crippen LogP contribution in [-0.2, 0) is 14.3 Å². The minimum atomic E-state index is -0.629. The average Bonchev–Trinajstić information content (AvgIpc) is 3.58. The van der Waals surface area contributed by atoms with Crippen molar-refractivity contribution in [3.8, 4) is 0 Å². The molecule has 0 spiro atoms. The van der Waals surface area contributed by atoms with Crippen LogP contribution in [0.3, 0.4) is 0 Å². The number of anilines is 1. The van der Waals surface area contributed by atoms with Crippen LogP contribution in [0.1, 0.15) is 52.0 Å². The second kappa shape index (κ2) is 9.77. The maximum atomic E-state index is 15.8. The van der Waals surface area contributed by atoms with Gasteiger partial charge in [0, 0.05) is 35.1 Å². The molecule has 2 aliphatic rings. The minimum Gasteiger partial charge on any atom is -0.381 e. The zero-order valence-corrected chi connectivity index (χ0v) is 21.6. The van der Waals surface area contributed by atoms with Crippen LogP contribution in [0.2, 0.25) is 10.0 Å². The molecular weight excluding hydrogens is 480 g/mol. The highest BCUT2D eigenvalue weighted by atomic mass is 35.5. The van der Waals surface area contributed by atoms with Crippen LogP contribution in [-0.4, -0.2) is 25.7 Å². The largest absolute Gasteiger partial charge is 0.381 e. The summed E-state index contributed by atoms with van der Waals surface area (Å²) >= 11 is 14.5. The molecule has 33 heavy (non-hydrogen) atoms. The van der Waals surface area contributed by atoms with E-state index in [9.17, 15) is 4.79 Å². The van der Waals surface area contributed by atoms with Crippen molar-refractivity contribution in [2.45, 2.75) is 56.1 Å². The average molecular weight is 511 g/mol. The first-order chi connectivity index (χ1) is 15.6. The van der Waals surface area contributed by atoms with Crippen LogP contribution in [0.15, 0.2) is 41.3 Å². The third-order valence-electron chi connectivity index (χ3n) is 6.26. The minimum absolute atomic E-state index is 0.112. The SMILES string of the molecule is CC(C)(C)C(=O)N(CC1CC1)c1c(F)cc(C2(Sc3ccc(Cl)cc3)CCOCC2)cc1Cl. The summed E-state index contributed by atoms with van der Waals surface area (Å²) in [5, 5.41) is 0.962. The van der Waals surface area contributed by atoms with Crippen LogP contribution in [0.25, 0.3) is 0 Å². The first-order valence-corrected chi connectivity index (χ1v) is 13.0. The summed E-state index contributed by atoms with van der Waals surface area (Å²) in [5.41, 5.74) is 0.396. The van der Waals surface area contributed by atoms with E-state index in [2.05, 4.69) is 0 Å². The van der Waals surface area contributed by atoms with E-state index in [0.717, 1.165) is 36.1 Å². The van der Waals surface area contributed by atoms with E-state index in [0.29, 0.717) is 30.7 Å². The van der Waals surface area contributed by atoms with Gasteiger partial charge in [-0.05, 0) is 73.6 Å². The van der Waals surface area contributed by atoms with Crippen molar-refractivity contribution in [2.24, 2.45) is 11.3 Å². The lowest BCUT2D eigenvalue weighted by Crippen LogP contribution is -2.41. The molecule has 0 aromatic heterocycles. The van der Waals surface area contributed by atoms with Crippen LogP contribution in [0.5, 0.6) is 0 Å². The quantitative estimate of drug-likeness (QED) is 0.399. The molecule has 1 heterocycles. The molecule has 0 radical (unpaired) electrons. The summed E-state index contributed by atoms with van der Waals surface area (Å²) in [6.45, 7) is 7.26. The number of nitrogens with zero attached hydrogens (tertiary/aromatic N) is 1. The molecule has 4 rings (SSSR count). The molecule has 0 atom stereocenters. The molecule has 1 aliphatic heterocycles. The van der Waals surface area contributed by atoms with Gasteiger partial charge in [-0.3, -0.25) is 4.79 Å². The molecule has 178 valence electrons. The highest BCUT2D eigenvalue weighted by Gasteiger charge is 2.39. The summed E-state index contributed by atoms with van der Waals surface area (Å²) in [4.78, 5) is 15.8. The van der Waals surface area contributed by atoms with Gasteiger partial charge >= 0.3 is 0 Å². The van der Waals surface area contributed by atoms with Gasteiger partial charge in [0.1, 0.15) is 5.82 Å². The molecule has 1 amide bonds. The van der Waals surface area contributed by atoms with E-state index in [-0.39, 0.29) is 21.4 Å². The Morgan fingerprint density at radius 2 is 1.79 bits per heavy atom. The van der Waals surface area contributed by atoms with Gasteiger partial charge in [0.25, 0.3) is 0 Å². The Kier molecular flexibility index (Phi) is 7.35. The zero-order valence-electron chi connectivity index (χ0n) is 19.3. The first-order valence-electron chi connectivity index (χ1n) is 11.4. The van der Waals surface area contributed by atoms with E-state index in [4.69, 9.17) is 27.9 Å². The van der Waals surface area contributed by atoms with Crippen LogP contribution >= 0.6 is 35.0 Å². The lowest BCUT2D eigenvalue weighted by atomic mass is 9.89. The number of carbonyl (C=O) groups is 1. The van der Waals surface area contributed by atoms with E-state index in [1.54, 1.807) is 22.7 Å². The van der Waals surface area contributed by atoms with Crippen LogP contribution in [0, 0.1) is 17.2 Å². The van der Waals surface area contributed by atoms with Gasteiger partial charge in [-0.25, -0.2) is 4.39 Å². The van der Waals surface area contributed by atoms with Crippen LogP contribution < -0.4 is 4.90 Å².